The molecule has 0 radical (unpaired) electrons. The number of quaternary nitrogens is 1. The van der Waals surface area contributed by atoms with Gasteiger partial charge in [0.25, 0.3) is 0 Å². The second-order valence-electron chi connectivity index (χ2n) is 3.65. The number of halogens is 1. The summed E-state index contributed by atoms with van der Waals surface area (Å²) in [4.78, 5) is 11.0. The van der Waals surface area contributed by atoms with E-state index < -0.39 is 0 Å². The number of hydrogen-bond acceptors (Lipinski definition) is 1. The Hall–Kier alpha value is -0.340. The molecule has 0 spiro atoms. The molecule has 0 N–H and O–H groups in total. The van der Waals surface area contributed by atoms with Crippen LogP contribution in [0.1, 0.15) is 6.92 Å². The van der Waals surface area contributed by atoms with Crippen molar-refractivity contribution in [2.45, 2.75) is 6.92 Å². The van der Waals surface area contributed by atoms with Gasteiger partial charge in [-0.15, -0.1) is 0 Å². The fourth-order valence-corrected chi connectivity index (χ4v) is 0.566. The van der Waals surface area contributed by atoms with E-state index in [-0.39, 0.29) is 18.2 Å². The first kappa shape index (κ1) is 13.3. The van der Waals surface area contributed by atoms with Gasteiger partial charge in [-0.2, -0.15) is 0 Å². The van der Waals surface area contributed by atoms with E-state index in [1.54, 1.807) is 6.92 Å². The Kier molecular flexibility index (Phi) is 5.45. The average Bonchev–Trinajstić information content (AvgIpc) is 1.60. The van der Waals surface area contributed by atoms with Crippen molar-refractivity contribution in [2.24, 2.45) is 0 Å². The van der Waals surface area contributed by atoms with Gasteiger partial charge in [-0.1, -0.05) is 6.58 Å². The molecule has 0 aliphatic carbocycles. The second kappa shape index (κ2) is 4.52. The molecule has 3 heteroatoms. The van der Waals surface area contributed by atoms with Crippen LogP contribution in [-0.2, 0) is 4.79 Å². The van der Waals surface area contributed by atoms with Crippen LogP contribution in [0.15, 0.2) is 12.2 Å². The number of likely N-dealkylation sites (N-methyl/N-ethyl adjacent to an activating group) is 1. The summed E-state index contributed by atoms with van der Waals surface area (Å²) in [6.07, 6.45) is 0. The van der Waals surface area contributed by atoms with Crippen LogP contribution in [0.4, 0.5) is 0 Å². The lowest BCUT2D eigenvalue weighted by molar-refractivity contribution is -0.861. The van der Waals surface area contributed by atoms with Crippen LogP contribution >= 0.6 is 0 Å². The van der Waals surface area contributed by atoms with E-state index >= 15 is 0 Å². The molecule has 0 aliphatic rings. The molecular weight excluding hydrogens is 162 g/mol. The van der Waals surface area contributed by atoms with Crippen molar-refractivity contribution in [2.75, 3.05) is 27.7 Å². The molecule has 0 atom stereocenters. The molecule has 0 saturated carbocycles. The molecule has 0 heterocycles. The fourth-order valence-electron chi connectivity index (χ4n) is 0.566. The summed E-state index contributed by atoms with van der Waals surface area (Å²) in [7, 11) is 5.96. The van der Waals surface area contributed by atoms with Gasteiger partial charge in [0.1, 0.15) is 6.54 Å². The molecule has 11 heavy (non-hydrogen) atoms. The summed E-state index contributed by atoms with van der Waals surface area (Å²) in [6.45, 7) is 5.86. The summed E-state index contributed by atoms with van der Waals surface area (Å²) < 4.78 is 0.672. The van der Waals surface area contributed by atoms with Gasteiger partial charge in [0.05, 0.1) is 21.1 Å². The minimum Gasteiger partial charge on any atom is -1.00 e. The third-order valence-corrected chi connectivity index (χ3v) is 1.09. The highest BCUT2D eigenvalue weighted by atomic mass is 35.5. The predicted molar refractivity (Wildman–Crippen MR) is 42.7 cm³/mol. The normalized spacial score (nSPS) is 10.2. The summed E-state index contributed by atoms with van der Waals surface area (Å²) in [5.41, 5.74) is 0.646. The average molecular weight is 178 g/mol. The zero-order valence-corrected chi connectivity index (χ0v) is 8.40. The van der Waals surface area contributed by atoms with Crippen LogP contribution in [0.3, 0.4) is 0 Å². The van der Waals surface area contributed by atoms with Gasteiger partial charge in [0.2, 0.25) is 5.78 Å². The smallest absolute Gasteiger partial charge is 0.212 e. The van der Waals surface area contributed by atoms with E-state index in [1.807, 2.05) is 21.1 Å². The molecule has 0 aromatic rings. The number of rotatable bonds is 3. The summed E-state index contributed by atoms with van der Waals surface area (Å²) >= 11 is 0. The standard InChI is InChI=1S/C8H16NO.ClH/c1-7(2)8(10)6-9(3,4)5;/h1,6H2,2-5H3;1H/q+1;/p-1. The third kappa shape index (κ3) is 7.56. The van der Waals surface area contributed by atoms with Gasteiger partial charge in [0.15, 0.2) is 0 Å². The van der Waals surface area contributed by atoms with E-state index in [2.05, 4.69) is 6.58 Å². The molecule has 0 rings (SSSR count). The van der Waals surface area contributed by atoms with Gasteiger partial charge < -0.3 is 16.9 Å². The monoisotopic (exact) mass is 177 g/mol. The van der Waals surface area contributed by atoms with E-state index in [1.165, 1.54) is 0 Å². The number of hydrogen-bond donors (Lipinski definition) is 0. The van der Waals surface area contributed by atoms with Crippen LogP contribution < -0.4 is 12.4 Å². The molecule has 0 fully saturated rings. The van der Waals surface area contributed by atoms with E-state index in [9.17, 15) is 4.79 Å². The lowest BCUT2D eigenvalue weighted by Gasteiger charge is -2.22. The van der Waals surface area contributed by atoms with Gasteiger partial charge >= 0.3 is 0 Å². The molecule has 66 valence electrons. The largest absolute Gasteiger partial charge is 1.00 e. The van der Waals surface area contributed by atoms with Crippen LogP contribution in [0, 0.1) is 0 Å². The molecule has 0 aromatic heterocycles. The van der Waals surface area contributed by atoms with Crippen molar-refractivity contribution in [1.82, 2.24) is 0 Å². The number of nitrogens with zero attached hydrogens (tertiary/aromatic N) is 1. The van der Waals surface area contributed by atoms with Crippen molar-refractivity contribution in [3.05, 3.63) is 12.2 Å². The zero-order chi connectivity index (χ0) is 8.36. The van der Waals surface area contributed by atoms with Crippen molar-refractivity contribution < 1.29 is 21.7 Å². The quantitative estimate of drug-likeness (QED) is 0.355. The minimum absolute atomic E-state index is 0. The Morgan fingerprint density at radius 2 is 1.73 bits per heavy atom. The third-order valence-electron chi connectivity index (χ3n) is 1.09. The fraction of sp³-hybridized carbons (Fsp3) is 0.625. The Morgan fingerprint density at radius 3 is 1.82 bits per heavy atom. The Morgan fingerprint density at radius 1 is 1.36 bits per heavy atom. The molecule has 0 aromatic carbocycles. The zero-order valence-electron chi connectivity index (χ0n) is 7.65. The lowest BCUT2D eigenvalue weighted by atomic mass is 10.2. The maximum atomic E-state index is 11.0. The van der Waals surface area contributed by atoms with Gasteiger partial charge in [0, 0.05) is 0 Å². The van der Waals surface area contributed by atoms with Crippen molar-refractivity contribution in [3.8, 4) is 0 Å². The second-order valence-corrected chi connectivity index (χ2v) is 3.65. The molecule has 0 saturated heterocycles. The van der Waals surface area contributed by atoms with Crippen molar-refractivity contribution >= 4 is 5.78 Å². The van der Waals surface area contributed by atoms with Gasteiger partial charge in [-0.25, -0.2) is 0 Å². The molecule has 2 nitrogen and oxygen atoms in total. The van der Waals surface area contributed by atoms with Crippen molar-refractivity contribution in [3.63, 3.8) is 0 Å². The highest BCUT2D eigenvalue weighted by Crippen LogP contribution is 1.96. The van der Waals surface area contributed by atoms with Crippen LogP contribution in [-0.4, -0.2) is 38.0 Å². The number of ketones is 1. The SMILES string of the molecule is C=C(C)C(=O)C[N+](C)(C)C.[Cl-]. The number of carbonyl (C=O) groups excluding carboxylic acids is 1. The maximum Gasteiger partial charge on any atom is 0.212 e. The van der Waals surface area contributed by atoms with E-state index in [0.29, 0.717) is 16.6 Å². The van der Waals surface area contributed by atoms with Crippen LogP contribution in [0.5, 0.6) is 0 Å². The topological polar surface area (TPSA) is 17.1 Å². The molecule has 0 amide bonds. The summed E-state index contributed by atoms with van der Waals surface area (Å²) in [5.74, 6) is 0.146. The highest BCUT2D eigenvalue weighted by Gasteiger charge is 2.13. The van der Waals surface area contributed by atoms with Crippen LogP contribution in [0.25, 0.3) is 0 Å². The lowest BCUT2D eigenvalue weighted by Crippen LogP contribution is -3.00. The molecule has 0 bridgehead atoms. The first-order valence-electron chi connectivity index (χ1n) is 3.32. The Labute approximate surface area is 74.9 Å². The maximum absolute atomic E-state index is 11.0. The highest BCUT2D eigenvalue weighted by molar-refractivity contribution is 5.95. The predicted octanol–water partition coefficient (Wildman–Crippen LogP) is -2.16. The Balaban J connectivity index is 0. The van der Waals surface area contributed by atoms with E-state index in [4.69, 9.17) is 0 Å². The van der Waals surface area contributed by atoms with Gasteiger partial charge in [-0.05, 0) is 12.5 Å². The number of Topliss-reactive ketones (excluding diaryl/α,β-unsaturated/α-hetero) is 1. The molecular formula is C8H16ClNO. The number of carbonyl (C=O) groups is 1. The Bertz CT molecular complexity index is 158. The molecule has 0 aliphatic heterocycles. The van der Waals surface area contributed by atoms with Crippen molar-refractivity contribution in [1.29, 1.82) is 0 Å². The van der Waals surface area contributed by atoms with E-state index in [0.717, 1.165) is 0 Å². The summed E-state index contributed by atoms with van der Waals surface area (Å²) in [6, 6.07) is 0. The molecule has 0 unspecified atom stereocenters. The minimum atomic E-state index is 0. The van der Waals surface area contributed by atoms with Crippen LogP contribution in [0.2, 0.25) is 0 Å². The summed E-state index contributed by atoms with van der Waals surface area (Å²) in [5, 5.41) is 0. The van der Waals surface area contributed by atoms with Gasteiger partial charge in [-0.3, -0.25) is 4.79 Å². The first-order chi connectivity index (χ1) is 4.33. The first-order valence-corrected chi connectivity index (χ1v) is 3.32.